The molecule has 2 saturated carbocycles. The van der Waals surface area contributed by atoms with Crippen molar-refractivity contribution in [1.29, 1.82) is 0 Å². The first-order valence-electron chi connectivity index (χ1n) is 9.10. The Labute approximate surface area is 134 Å². The molecule has 0 aliphatic heterocycles. The summed E-state index contributed by atoms with van der Waals surface area (Å²) in [6.07, 6.45) is 12.0. The first kappa shape index (κ1) is 17.7. The van der Waals surface area contributed by atoms with E-state index < -0.39 is 0 Å². The second-order valence-electron chi connectivity index (χ2n) is 7.82. The molecule has 3 heteroatoms. The maximum atomic E-state index is 11.5. The van der Waals surface area contributed by atoms with Gasteiger partial charge in [-0.1, -0.05) is 25.7 Å². The van der Waals surface area contributed by atoms with Gasteiger partial charge in [-0.05, 0) is 65.2 Å². The smallest absolute Gasteiger partial charge is 0.135 e. The topological polar surface area (TPSA) is 54.4 Å². The number of unbranched alkanes of at least 4 members (excludes halogenated alkanes) is 2. The predicted octanol–water partition coefficient (Wildman–Crippen LogP) is 4.21. The summed E-state index contributed by atoms with van der Waals surface area (Å²) >= 11 is 0. The molecule has 126 valence electrons. The van der Waals surface area contributed by atoms with Gasteiger partial charge in [0, 0.05) is 10.8 Å². The summed E-state index contributed by atoms with van der Waals surface area (Å²) in [5.74, 6) is 0.708. The van der Waals surface area contributed by atoms with E-state index in [0.717, 1.165) is 77.0 Å². The normalized spacial score (nSPS) is 20.9. The van der Waals surface area contributed by atoms with Crippen LogP contribution in [0.4, 0.5) is 0 Å². The molecule has 2 rings (SSSR count). The van der Waals surface area contributed by atoms with Crippen LogP contribution in [0.15, 0.2) is 0 Å². The van der Waals surface area contributed by atoms with Gasteiger partial charge in [-0.2, -0.15) is 0 Å². The summed E-state index contributed by atoms with van der Waals surface area (Å²) < 4.78 is 0. The Balaban J connectivity index is 1.47. The van der Waals surface area contributed by atoms with Gasteiger partial charge in [0.05, 0.1) is 6.10 Å². The lowest BCUT2D eigenvalue weighted by atomic mass is 9.92. The van der Waals surface area contributed by atoms with Gasteiger partial charge >= 0.3 is 0 Å². The van der Waals surface area contributed by atoms with Crippen molar-refractivity contribution >= 4 is 11.6 Å². The van der Waals surface area contributed by atoms with Crippen molar-refractivity contribution < 1.29 is 14.7 Å². The molecule has 0 bridgehead atoms. The number of ketones is 2. The molecule has 2 fully saturated rings. The van der Waals surface area contributed by atoms with Crippen molar-refractivity contribution in [1.82, 2.24) is 0 Å². The van der Waals surface area contributed by atoms with E-state index in [2.05, 4.69) is 0 Å². The van der Waals surface area contributed by atoms with Gasteiger partial charge in [0.15, 0.2) is 0 Å². The molecule has 0 radical (unpaired) electrons. The van der Waals surface area contributed by atoms with Crippen molar-refractivity contribution in [2.24, 2.45) is 10.8 Å². The first-order valence-corrected chi connectivity index (χ1v) is 9.10. The lowest BCUT2D eigenvalue weighted by molar-refractivity contribution is -0.123. The minimum absolute atomic E-state index is 0.0240. The summed E-state index contributed by atoms with van der Waals surface area (Å²) in [7, 11) is 0. The van der Waals surface area contributed by atoms with E-state index in [1.54, 1.807) is 13.8 Å². The minimum atomic E-state index is -0.208. The molecule has 2 aliphatic rings. The van der Waals surface area contributed by atoms with Gasteiger partial charge in [-0.25, -0.2) is 0 Å². The number of carbonyl (C=O) groups excluding carboxylic acids is 2. The van der Waals surface area contributed by atoms with E-state index in [0.29, 0.717) is 11.6 Å². The van der Waals surface area contributed by atoms with Gasteiger partial charge in [0.25, 0.3) is 0 Å². The third kappa shape index (κ3) is 4.65. The number of aliphatic hydroxyl groups excluding tert-OH is 1. The number of hydrogen-bond acceptors (Lipinski definition) is 3. The molecule has 3 nitrogen and oxygen atoms in total. The SMILES string of the molecule is CC(=O)C1(CCCCC(O)CCCCC2(C(C)=O)CC2)CC1. The van der Waals surface area contributed by atoms with Crippen molar-refractivity contribution in [2.45, 2.75) is 97.0 Å². The lowest BCUT2D eigenvalue weighted by Gasteiger charge is -2.14. The van der Waals surface area contributed by atoms with Crippen LogP contribution in [-0.2, 0) is 9.59 Å². The van der Waals surface area contributed by atoms with Crippen LogP contribution in [0.1, 0.15) is 90.9 Å². The average molecular weight is 308 g/mol. The summed E-state index contributed by atoms with van der Waals surface area (Å²) in [4.78, 5) is 23.0. The Morgan fingerprint density at radius 1 is 0.818 bits per heavy atom. The second kappa shape index (κ2) is 7.25. The summed E-state index contributed by atoms with van der Waals surface area (Å²) in [6.45, 7) is 3.44. The minimum Gasteiger partial charge on any atom is -0.393 e. The molecule has 1 N–H and O–H groups in total. The highest BCUT2D eigenvalue weighted by Gasteiger charge is 2.46. The zero-order chi connectivity index (χ0) is 16.2. The van der Waals surface area contributed by atoms with Crippen LogP contribution in [0.2, 0.25) is 0 Å². The molecule has 0 atom stereocenters. The third-order valence-corrected chi connectivity index (χ3v) is 6.09. The molecule has 0 spiro atoms. The van der Waals surface area contributed by atoms with Crippen LogP contribution in [0.25, 0.3) is 0 Å². The number of carbonyl (C=O) groups is 2. The van der Waals surface area contributed by atoms with E-state index in [1.807, 2.05) is 0 Å². The fraction of sp³-hybridized carbons (Fsp3) is 0.895. The molecule has 0 unspecified atom stereocenters. The Bertz CT molecular complexity index is 367. The first-order chi connectivity index (χ1) is 10.4. The number of aliphatic hydroxyl groups is 1. The lowest BCUT2D eigenvalue weighted by Crippen LogP contribution is -2.13. The molecule has 0 aromatic heterocycles. The summed E-state index contributed by atoms with van der Waals surface area (Å²) in [5.41, 5.74) is 0.0481. The van der Waals surface area contributed by atoms with E-state index in [9.17, 15) is 14.7 Å². The summed E-state index contributed by atoms with van der Waals surface area (Å²) in [6, 6.07) is 0. The van der Waals surface area contributed by atoms with Gasteiger partial charge in [0.1, 0.15) is 11.6 Å². The maximum Gasteiger partial charge on any atom is 0.135 e. The maximum absolute atomic E-state index is 11.5. The molecule has 0 saturated heterocycles. The highest BCUT2D eigenvalue weighted by Crippen LogP contribution is 2.51. The van der Waals surface area contributed by atoms with E-state index in [1.165, 1.54) is 0 Å². The number of hydrogen-bond donors (Lipinski definition) is 1. The molecule has 2 aliphatic carbocycles. The van der Waals surface area contributed by atoms with Crippen LogP contribution in [0.3, 0.4) is 0 Å². The molecule has 22 heavy (non-hydrogen) atoms. The highest BCUT2D eigenvalue weighted by atomic mass is 16.3. The second-order valence-corrected chi connectivity index (χ2v) is 7.82. The third-order valence-electron chi connectivity index (χ3n) is 6.09. The van der Waals surface area contributed by atoms with Crippen LogP contribution in [0.5, 0.6) is 0 Å². The predicted molar refractivity (Wildman–Crippen MR) is 87.6 cm³/mol. The largest absolute Gasteiger partial charge is 0.393 e. The van der Waals surface area contributed by atoms with Gasteiger partial charge < -0.3 is 5.11 Å². The number of rotatable bonds is 12. The zero-order valence-electron chi connectivity index (χ0n) is 14.3. The fourth-order valence-electron chi connectivity index (χ4n) is 3.69. The average Bonchev–Trinajstić information content (AvgIpc) is 3.35. The van der Waals surface area contributed by atoms with Crippen LogP contribution < -0.4 is 0 Å². The molecule has 0 aromatic rings. The van der Waals surface area contributed by atoms with Crippen molar-refractivity contribution in [2.75, 3.05) is 0 Å². The van der Waals surface area contributed by atoms with Gasteiger partial charge in [0.2, 0.25) is 0 Å². The van der Waals surface area contributed by atoms with Gasteiger partial charge in [-0.15, -0.1) is 0 Å². The monoisotopic (exact) mass is 308 g/mol. The van der Waals surface area contributed by atoms with Crippen LogP contribution >= 0.6 is 0 Å². The summed E-state index contributed by atoms with van der Waals surface area (Å²) in [5, 5.41) is 10.0. The van der Waals surface area contributed by atoms with E-state index in [-0.39, 0.29) is 16.9 Å². The zero-order valence-corrected chi connectivity index (χ0v) is 14.3. The Kier molecular flexibility index (Phi) is 5.81. The molecule has 0 aromatic carbocycles. The van der Waals surface area contributed by atoms with Gasteiger partial charge in [-0.3, -0.25) is 9.59 Å². The Morgan fingerprint density at radius 3 is 1.45 bits per heavy atom. The molecular weight excluding hydrogens is 276 g/mol. The quantitative estimate of drug-likeness (QED) is 0.550. The standard InChI is InChI=1S/C19H32O3/c1-15(20)18(11-12-18)9-5-3-7-17(22)8-4-6-10-19(13-14-19)16(2)21/h17,22H,3-14H2,1-2H3. The van der Waals surface area contributed by atoms with Crippen LogP contribution in [0, 0.1) is 10.8 Å². The fourth-order valence-corrected chi connectivity index (χ4v) is 3.69. The molecular formula is C19H32O3. The molecule has 0 heterocycles. The van der Waals surface area contributed by atoms with Crippen molar-refractivity contribution in [3.63, 3.8) is 0 Å². The Morgan fingerprint density at radius 2 is 1.18 bits per heavy atom. The van der Waals surface area contributed by atoms with E-state index >= 15 is 0 Å². The number of Topliss-reactive ketones (excluding diaryl/α,β-unsaturated/α-hetero) is 2. The Hall–Kier alpha value is -0.700. The van der Waals surface area contributed by atoms with Crippen molar-refractivity contribution in [3.8, 4) is 0 Å². The van der Waals surface area contributed by atoms with Crippen LogP contribution in [-0.4, -0.2) is 22.8 Å². The highest BCUT2D eigenvalue weighted by molar-refractivity contribution is 5.85. The van der Waals surface area contributed by atoms with Crippen molar-refractivity contribution in [3.05, 3.63) is 0 Å². The van der Waals surface area contributed by atoms with E-state index in [4.69, 9.17) is 0 Å². The molecule has 0 amide bonds.